The summed E-state index contributed by atoms with van der Waals surface area (Å²) in [4.78, 5) is 44.7. The van der Waals surface area contributed by atoms with Crippen LogP contribution < -0.4 is 10.7 Å². The quantitative estimate of drug-likeness (QED) is 0.391. The minimum Gasteiger partial charge on any atom is -0.503 e. The number of amides is 2. The van der Waals surface area contributed by atoms with E-state index in [1.54, 1.807) is 45.2 Å². The van der Waals surface area contributed by atoms with Crippen molar-refractivity contribution in [2.45, 2.75) is 37.8 Å². The van der Waals surface area contributed by atoms with Gasteiger partial charge in [-0.3, -0.25) is 19.7 Å². The van der Waals surface area contributed by atoms with Crippen LogP contribution in [0.1, 0.15) is 46.7 Å². The molecule has 2 aromatic heterocycles. The Bertz CT molecular complexity index is 1380. The molecule has 0 unspecified atom stereocenters. The summed E-state index contributed by atoms with van der Waals surface area (Å²) in [5.74, 6) is -1.62. The number of halogens is 1. The minimum absolute atomic E-state index is 0.0683. The molecule has 0 spiro atoms. The number of aromatic nitrogens is 3. The molecule has 2 heterocycles. The summed E-state index contributed by atoms with van der Waals surface area (Å²) >= 11 is 1.18. The van der Waals surface area contributed by atoms with Crippen molar-refractivity contribution < 1.29 is 19.1 Å². The molecule has 0 aliphatic heterocycles. The summed E-state index contributed by atoms with van der Waals surface area (Å²) in [7, 11) is 6.83. The number of aromatic amines is 1. The van der Waals surface area contributed by atoms with Crippen molar-refractivity contribution in [1.29, 1.82) is 0 Å². The molecule has 0 radical (unpaired) electrons. The number of benzene rings is 1. The fourth-order valence-electron chi connectivity index (χ4n) is 4.87. The predicted octanol–water partition coefficient (Wildman–Crippen LogP) is 2.60. The van der Waals surface area contributed by atoms with Crippen molar-refractivity contribution in [2.24, 2.45) is 5.92 Å². The van der Waals surface area contributed by atoms with Crippen molar-refractivity contribution in [3.8, 4) is 16.3 Å². The lowest BCUT2D eigenvalue weighted by molar-refractivity contribution is -0.135. The van der Waals surface area contributed by atoms with Gasteiger partial charge >= 0.3 is 0 Å². The van der Waals surface area contributed by atoms with Crippen LogP contribution in [0.3, 0.4) is 0 Å². The molecule has 1 aromatic carbocycles. The number of carbonyl (C=O) groups is 2. The minimum atomic E-state index is -0.733. The Morgan fingerprint density at radius 3 is 2.45 bits per heavy atom. The fourth-order valence-corrected chi connectivity index (χ4v) is 5.76. The average molecular weight is 543 g/mol. The van der Waals surface area contributed by atoms with Crippen molar-refractivity contribution in [1.82, 2.24) is 30.3 Å². The predicted molar refractivity (Wildman–Crippen MR) is 141 cm³/mol. The lowest BCUT2D eigenvalue weighted by Crippen LogP contribution is -2.60. The number of nitrogens with zero attached hydrogens (tertiary/aromatic N) is 4. The van der Waals surface area contributed by atoms with Gasteiger partial charge in [0.25, 0.3) is 5.91 Å². The van der Waals surface area contributed by atoms with Crippen LogP contribution >= 0.6 is 11.3 Å². The third-order valence-corrected chi connectivity index (χ3v) is 8.21. The number of nitrogens with one attached hydrogen (secondary N) is 2. The number of H-pyrrole nitrogens is 1. The molecule has 1 fully saturated rings. The SMILES string of the molecule is CNC1(N(C)C(=O)c2[nH]cc(-c3nnc(Cc4ccc(F)cc4)s3)c(=O)c2O)CCC(C(=O)N(C)C)CC1. The number of pyridine rings is 1. The number of hydrogen-bond donors (Lipinski definition) is 3. The summed E-state index contributed by atoms with van der Waals surface area (Å²) in [6, 6.07) is 6.02. The molecule has 12 heteroatoms. The van der Waals surface area contributed by atoms with Gasteiger partial charge < -0.3 is 19.9 Å². The smallest absolute Gasteiger partial charge is 0.275 e. The molecule has 0 saturated heterocycles. The molecule has 0 bridgehead atoms. The van der Waals surface area contributed by atoms with Crippen LogP contribution in [0.4, 0.5) is 4.39 Å². The zero-order chi connectivity index (χ0) is 27.6. The van der Waals surface area contributed by atoms with E-state index in [9.17, 15) is 23.9 Å². The Hall–Kier alpha value is -3.64. The first-order valence-corrected chi connectivity index (χ1v) is 13.1. The van der Waals surface area contributed by atoms with Gasteiger partial charge in [-0.05, 0) is 50.4 Å². The van der Waals surface area contributed by atoms with Gasteiger partial charge in [-0.25, -0.2) is 4.39 Å². The Balaban J connectivity index is 1.52. The molecule has 1 saturated carbocycles. The standard InChI is InChI=1S/C26H31FN6O4S/c1-28-26(11-9-16(10-12-26)24(36)32(2)3)33(4)25(37)20-22(35)21(34)18(14-29-20)23-31-30-19(38-23)13-15-5-7-17(27)8-6-15/h5-8,14,16,28,35H,9-13H2,1-4H3,(H,29,34). The summed E-state index contributed by atoms with van der Waals surface area (Å²) in [5.41, 5.74) is -0.748. The lowest BCUT2D eigenvalue weighted by atomic mass is 9.80. The highest BCUT2D eigenvalue weighted by atomic mass is 32.1. The van der Waals surface area contributed by atoms with Crippen molar-refractivity contribution in [2.75, 3.05) is 28.2 Å². The zero-order valence-corrected chi connectivity index (χ0v) is 22.6. The maximum absolute atomic E-state index is 13.4. The van der Waals surface area contributed by atoms with Gasteiger partial charge in [-0.15, -0.1) is 10.2 Å². The van der Waals surface area contributed by atoms with Gasteiger partial charge in [0, 0.05) is 39.7 Å². The van der Waals surface area contributed by atoms with Crippen LogP contribution in [0.2, 0.25) is 0 Å². The second-order valence-corrected chi connectivity index (χ2v) is 10.8. The number of rotatable bonds is 7. The normalized spacial score (nSPS) is 19.2. The summed E-state index contributed by atoms with van der Waals surface area (Å²) in [5, 5.41) is 23.0. The van der Waals surface area contributed by atoms with E-state index in [0.717, 1.165) is 5.56 Å². The van der Waals surface area contributed by atoms with E-state index < -0.39 is 22.7 Å². The van der Waals surface area contributed by atoms with Crippen molar-refractivity contribution in [3.63, 3.8) is 0 Å². The Morgan fingerprint density at radius 1 is 1.18 bits per heavy atom. The average Bonchev–Trinajstić information content (AvgIpc) is 3.38. The van der Waals surface area contributed by atoms with Crippen LogP contribution in [-0.2, 0) is 11.2 Å². The first kappa shape index (κ1) is 27.4. The molecular weight excluding hydrogens is 511 g/mol. The van der Waals surface area contributed by atoms with Gasteiger partial charge in [-0.1, -0.05) is 23.5 Å². The van der Waals surface area contributed by atoms with Gasteiger partial charge in [0.05, 0.1) is 11.2 Å². The topological polar surface area (TPSA) is 132 Å². The van der Waals surface area contributed by atoms with Crippen LogP contribution in [0, 0.1) is 11.7 Å². The van der Waals surface area contributed by atoms with Gasteiger partial charge in [0.2, 0.25) is 11.3 Å². The van der Waals surface area contributed by atoms with Crippen LogP contribution in [-0.4, -0.2) is 75.8 Å². The largest absolute Gasteiger partial charge is 0.503 e. The molecular formula is C26H31FN6O4S. The van der Waals surface area contributed by atoms with Crippen LogP contribution in [0.5, 0.6) is 5.75 Å². The van der Waals surface area contributed by atoms with Crippen LogP contribution in [0.25, 0.3) is 10.6 Å². The Kier molecular flexibility index (Phi) is 7.93. The second-order valence-electron chi connectivity index (χ2n) is 9.71. The lowest BCUT2D eigenvalue weighted by Gasteiger charge is -2.46. The van der Waals surface area contributed by atoms with Crippen molar-refractivity contribution in [3.05, 3.63) is 62.8 Å². The molecule has 38 heavy (non-hydrogen) atoms. The maximum atomic E-state index is 13.4. The van der Waals surface area contributed by atoms with Gasteiger partial charge in [0.15, 0.2) is 16.5 Å². The van der Waals surface area contributed by atoms with E-state index in [2.05, 4.69) is 20.5 Å². The highest BCUT2D eigenvalue weighted by Crippen LogP contribution is 2.36. The summed E-state index contributed by atoms with van der Waals surface area (Å²) in [6.07, 6.45) is 4.06. The third-order valence-electron chi connectivity index (χ3n) is 7.25. The fraction of sp³-hybridized carbons (Fsp3) is 0.423. The summed E-state index contributed by atoms with van der Waals surface area (Å²) < 4.78 is 13.2. The molecule has 1 aliphatic rings. The number of carbonyl (C=O) groups excluding carboxylic acids is 2. The van der Waals surface area contributed by atoms with E-state index in [1.165, 1.54) is 34.6 Å². The van der Waals surface area contributed by atoms with Gasteiger partial charge in [0.1, 0.15) is 10.8 Å². The first-order valence-electron chi connectivity index (χ1n) is 12.3. The Labute approximate surface area is 223 Å². The first-order chi connectivity index (χ1) is 18.1. The van der Waals surface area contributed by atoms with E-state index in [1.807, 2.05) is 0 Å². The zero-order valence-electron chi connectivity index (χ0n) is 21.7. The number of aromatic hydroxyl groups is 1. The molecule has 3 aromatic rings. The van der Waals surface area contributed by atoms with E-state index in [-0.39, 0.29) is 28.9 Å². The number of hydrogen-bond acceptors (Lipinski definition) is 8. The molecule has 0 atom stereocenters. The summed E-state index contributed by atoms with van der Waals surface area (Å²) in [6.45, 7) is 0. The highest BCUT2D eigenvalue weighted by Gasteiger charge is 2.42. The van der Waals surface area contributed by atoms with E-state index in [4.69, 9.17) is 0 Å². The second kappa shape index (κ2) is 11.0. The maximum Gasteiger partial charge on any atom is 0.275 e. The third kappa shape index (κ3) is 5.32. The molecule has 2 amide bonds. The molecule has 1 aliphatic carbocycles. The molecule has 10 nitrogen and oxygen atoms in total. The van der Waals surface area contributed by atoms with E-state index in [0.29, 0.717) is 42.1 Å². The van der Waals surface area contributed by atoms with Crippen LogP contribution in [0.15, 0.2) is 35.3 Å². The molecule has 4 rings (SSSR count). The van der Waals surface area contributed by atoms with Crippen molar-refractivity contribution >= 4 is 23.2 Å². The Morgan fingerprint density at radius 2 is 1.84 bits per heavy atom. The monoisotopic (exact) mass is 542 g/mol. The highest BCUT2D eigenvalue weighted by molar-refractivity contribution is 7.14. The molecule has 202 valence electrons. The molecule has 3 N–H and O–H groups in total. The van der Waals surface area contributed by atoms with E-state index >= 15 is 0 Å². The van der Waals surface area contributed by atoms with Gasteiger partial charge in [-0.2, -0.15) is 0 Å².